The maximum atomic E-state index is 6.15. The molecule has 4 N–H and O–H groups in total. The monoisotopic (exact) mass is 240 g/mol. The minimum Gasteiger partial charge on any atom is -0.399 e. The minimum atomic E-state index is 0.719. The van der Waals surface area contributed by atoms with Crippen LogP contribution in [0.3, 0.4) is 0 Å². The fraction of sp³-hybridized carbons (Fsp3) is 0.250. The molecule has 0 bridgehead atoms. The Hall–Kier alpha value is -1.96. The number of rotatable bonds is 1. The lowest BCUT2D eigenvalue weighted by Gasteiger charge is -2.17. The molecule has 2 heteroatoms. The highest BCUT2D eigenvalue weighted by Gasteiger charge is 2.12. The zero-order valence-corrected chi connectivity index (χ0v) is 11.5. The summed E-state index contributed by atoms with van der Waals surface area (Å²) in [5.41, 5.74) is 20.7. The third kappa shape index (κ3) is 2.06. The summed E-state index contributed by atoms with van der Waals surface area (Å²) in [5.74, 6) is 0. The second kappa shape index (κ2) is 4.37. The van der Waals surface area contributed by atoms with E-state index in [1.807, 2.05) is 12.1 Å². The van der Waals surface area contributed by atoms with Gasteiger partial charge in [-0.05, 0) is 62.1 Å². The van der Waals surface area contributed by atoms with Gasteiger partial charge in [0.05, 0.1) is 0 Å². The zero-order chi connectivity index (χ0) is 13.4. The van der Waals surface area contributed by atoms with E-state index in [1.165, 1.54) is 22.3 Å². The lowest BCUT2D eigenvalue weighted by molar-refractivity contribution is 1.31. The van der Waals surface area contributed by atoms with Crippen molar-refractivity contribution >= 4 is 11.4 Å². The number of benzene rings is 2. The van der Waals surface area contributed by atoms with Gasteiger partial charge in [-0.2, -0.15) is 0 Å². The van der Waals surface area contributed by atoms with Gasteiger partial charge >= 0.3 is 0 Å². The highest BCUT2D eigenvalue weighted by atomic mass is 14.6. The van der Waals surface area contributed by atoms with Crippen molar-refractivity contribution < 1.29 is 0 Å². The van der Waals surface area contributed by atoms with Gasteiger partial charge in [0.15, 0.2) is 0 Å². The van der Waals surface area contributed by atoms with Crippen LogP contribution < -0.4 is 11.5 Å². The SMILES string of the molecule is Cc1cc(C)c(-c2c(C)cc(N)cc2N)c(C)c1. The molecule has 0 aliphatic rings. The van der Waals surface area contributed by atoms with Gasteiger partial charge in [0.25, 0.3) is 0 Å². The number of anilines is 2. The number of nitrogens with two attached hydrogens (primary N) is 2. The van der Waals surface area contributed by atoms with Crippen LogP contribution in [-0.2, 0) is 0 Å². The van der Waals surface area contributed by atoms with Crippen molar-refractivity contribution in [2.45, 2.75) is 27.7 Å². The van der Waals surface area contributed by atoms with Gasteiger partial charge in [-0.3, -0.25) is 0 Å². The topological polar surface area (TPSA) is 52.0 Å². The molecule has 0 saturated heterocycles. The van der Waals surface area contributed by atoms with Crippen molar-refractivity contribution in [3.63, 3.8) is 0 Å². The van der Waals surface area contributed by atoms with Crippen molar-refractivity contribution in [1.29, 1.82) is 0 Å². The first-order chi connectivity index (χ1) is 8.40. The van der Waals surface area contributed by atoms with E-state index in [2.05, 4.69) is 39.8 Å². The maximum Gasteiger partial charge on any atom is 0.0417 e. The van der Waals surface area contributed by atoms with Gasteiger partial charge in [0, 0.05) is 16.9 Å². The molecule has 0 fully saturated rings. The average molecular weight is 240 g/mol. The van der Waals surface area contributed by atoms with Crippen LogP contribution in [0.5, 0.6) is 0 Å². The van der Waals surface area contributed by atoms with Gasteiger partial charge in [-0.25, -0.2) is 0 Å². The Bertz CT molecular complexity index is 511. The van der Waals surface area contributed by atoms with Crippen molar-refractivity contribution in [3.8, 4) is 11.1 Å². The van der Waals surface area contributed by atoms with Crippen LogP contribution in [0.1, 0.15) is 22.3 Å². The summed E-state index contributed by atoms with van der Waals surface area (Å²) in [7, 11) is 0. The Labute approximate surface area is 109 Å². The van der Waals surface area contributed by atoms with Crippen LogP contribution in [0.25, 0.3) is 11.1 Å². The molecule has 2 rings (SSSR count). The van der Waals surface area contributed by atoms with E-state index in [9.17, 15) is 0 Å². The van der Waals surface area contributed by atoms with Crippen molar-refractivity contribution in [3.05, 3.63) is 46.5 Å². The molecule has 2 aromatic carbocycles. The zero-order valence-electron chi connectivity index (χ0n) is 11.5. The summed E-state index contributed by atoms with van der Waals surface area (Å²) >= 11 is 0. The van der Waals surface area contributed by atoms with E-state index in [1.54, 1.807) is 0 Å². The molecule has 94 valence electrons. The van der Waals surface area contributed by atoms with Crippen LogP contribution >= 0.6 is 0 Å². The quantitative estimate of drug-likeness (QED) is 0.746. The molecule has 0 saturated carbocycles. The van der Waals surface area contributed by atoms with Gasteiger partial charge in [0.1, 0.15) is 0 Å². The lowest BCUT2D eigenvalue weighted by atomic mass is 9.90. The first kappa shape index (κ1) is 12.5. The van der Waals surface area contributed by atoms with Gasteiger partial charge in [-0.15, -0.1) is 0 Å². The first-order valence-corrected chi connectivity index (χ1v) is 6.14. The average Bonchev–Trinajstić information content (AvgIpc) is 2.20. The Kier molecular flexibility index (Phi) is 3.04. The molecular weight excluding hydrogens is 220 g/mol. The van der Waals surface area contributed by atoms with Crippen molar-refractivity contribution in [2.75, 3.05) is 11.5 Å². The van der Waals surface area contributed by atoms with Crippen LogP contribution in [-0.4, -0.2) is 0 Å². The van der Waals surface area contributed by atoms with Gasteiger partial charge in [-0.1, -0.05) is 17.7 Å². The molecule has 0 aliphatic carbocycles. The second-order valence-electron chi connectivity index (χ2n) is 5.08. The van der Waals surface area contributed by atoms with E-state index < -0.39 is 0 Å². The lowest BCUT2D eigenvalue weighted by Crippen LogP contribution is -1.99. The summed E-state index contributed by atoms with van der Waals surface area (Å²) in [6, 6.07) is 8.20. The number of aryl methyl sites for hydroxylation is 4. The molecule has 0 spiro atoms. The Morgan fingerprint density at radius 3 is 1.67 bits per heavy atom. The van der Waals surface area contributed by atoms with E-state index >= 15 is 0 Å². The molecule has 2 nitrogen and oxygen atoms in total. The number of hydrogen-bond donors (Lipinski definition) is 2. The fourth-order valence-electron chi connectivity index (χ4n) is 2.76. The second-order valence-corrected chi connectivity index (χ2v) is 5.08. The number of hydrogen-bond acceptors (Lipinski definition) is 2. The Morgan fingerprint density at radius 1 is 0.667 bits per heavy atom. The largest absolute Gasteiger partial charge is 0.399 e. The summed E-state index contributed by atoms with van der Waals surface area (Å²) in [5, 5.41) is 0. The smallest absolute Gasteiger partial charge is 0.0417 e. The van der Waals surface area contributed by atoms with E-state index in [-0.39, 0.29) is 0 Å². The predicted octanol–water partition coefficient (Wildman–Crippen LogP) is 3.75. The first-order valence-electron chi connectivity index (χ1n) is 6.14. The van der Waals surface area contributed by atoms with Crippen LogP contribution in [0, 0.1) is 27.7 Å². The molecule has 18 heavy (non-hydrogen) atoms. The molecule has 2 aromatic rings. The van der Waals surface area contributed by atoms with Gasteiger partial charge < -0.3 is 11.5 Å². The highest BCUT2D eigenvalue weighted by molar-refractivity contribution is 5.85. The highest BCUT2D eigenvalue weighted by Crippen LogP contribution is 2.36. The van der Waals surface area contributed by atoms with Crippen molar-refractivity contribution in [1.82, 2.24) is 0 Å². The molecule has 0 radical (unpaired) electrons. The molecule has 0 unspecified atom stereocenters. The molecule has 0 aromatic heterocycles. The summed E-state index contributed by atoms with van der Waals surface area (Å²) < 4.78 is 0. The summed E-state index contributed by atoms with van der Waals surface area (Å²) in [6.45, 7) is 8.43. The molecular formula is C16H20N2. The standard InChI is InChI=1S/C16H20N2/c1-9-5-10(2)15(11(3)6-9)16-12(4)7-13(17)8-14(16)18/h5-8H,17-18H2,1-4H3. The van der Waals surface area contributed by atoms with Crippen LogP contribution in [0.4, 0.5) is 11.4 Å². The predicted molar refractivity (Wildman–Crippen MR) is 79.7 cm³/mol. The Morgan fingerprint density at radius 2 is 1.17 bits per heavy atom. The van der Waals surface area contributed by atoms with Crippen LogP contribution in [0.2, 0.25) is 0 Å². The van der Waals surface area contributed by atoms with E-state index in [4.69, 9.17) is 11.5 Å². The van der Waals surface area contributed by atoms with Crippen LogP contribution in [0.15, 0.2) is 24.3 Å². The van der Waals surface area contributed by atoms with Gasteiger partial charge in [0.2, 0.25) is 0 Å². The molecule has 0 heterocycles. The maximum absolute atomic E-state index is 6.15. The molecule has 0 atom stereocenters. The third-order valence-electron chi connectivity index (χ3n) is 3.32. The molecule has 0 aliphatic heterocycles. The fourth-order valence-corrected chi connectivity index (χ4v) is 2.76. The minimum absolute atomic E-state index is 0.719. The summed E-state index contributed by atoms with van der Waals surface area (Å²) in [4.78, 5) is 0. The molecule has 0 amide bonds. The normalized spacial score (nSPS) is 10.7. The summed E-state index contributed by atoms with van der Waals surface area (Å²) in [6.07, 6.45) is 0. The van der Waals surface area contributed by atoms with E-state index in [0.29, 0.717) is 0 Å². The third-order valence-corrected chi connectivity index (χ3v) is 3.32. The van der Waals surface area contributed by atoms with E-state index in [0.717, 1.165) is 22.5 Å². The number of nitrogen functional groups attached to an aromatic ring is 2. The Balaban J connectivity index is 2.78. The van der Waals surface area contributed by atoms with Crippen molar-refractivity contribution in [2.24, 2.45) is 0 Å².